The summed E-state index contributed by atoms with van der Waals surface area (Å²) in [6.45, 7) is 8.35. The minimum absolute atomic E-state index is 0.0446. The van der Waals surface area contributed by atoms with Crippen molar-refractivity contribution in [3.63, 3.8) is 0 Å². The number of aryl methyl sites for hydroxylation is 2. The number of rotatable bonds is 8. The van der Waals surface area contributed by atoms with Gasteiger partial charge in [-0.05, 0) is 56.9 Å². The summed E-state index contributed by atoms with van der Waals surface area (Å²) >= 11 is 0. The monoisotopic (exact) mass is 372 g/mol. The van der Waals surface area contributed by atoms with Gasteiger partial charge in [-0.15, -0.1) is 0 Å². The summed E-state index contributed by atoms with van der Waals surface area (Å²) in [5.74, 6) is 0.513. The number of pyridine rings is 1. The van der Waals surface area contributed by atoms with Gasteiger partial charge >= 0.3 is 0 Å². The van der Waals surface area contributed by atoms with Gasteiger partial charge in [0.1, 0.15) is 5.82 Å². The van der Waals surface area contributed by atoms with Crippen LogP contribution in [0, 0.1) is 19.7 Å². The van der Waals surface area contributed by atoms with Gasteiger partial charge in [0.15, 0.2) is 5.96 Å². The van der Waals surface area contributed by atoms with E-state index in [-0.39, 0.29) is 11.4 Å². The van der Waals surface area contributed by atoms with E-state index in [1.165, 1.54) is 6.07 Å². The number of aliphatic imine (C=N–C) groups is 1. The molecule has 0 aliphatic rings. The topological polar surface area (TPSA) is 58.4 Å². The summed E-state index contributed by atoms with van der Waals surface area (Å²) in [7, 11) is 0. The molecule has 1 aromatic carbocycles. The molecule has 5 nitrogen and oxygen atoms in total. The molecule has 0 radical (unpaired) electrons. The molecule has 0 saturated carbocycles. The molecular weight excluding hydrogens is 343 g/mol. The van der Waals surface area contributed by atoms with Gasteiger partial charge in [0, 0.05) is 31.4 Å². The maximum absolute atomic E-state index is 13.6. The van der Waals surface area contributed by atoms with E-state index in [4.69, 9.17) is 0 Å². The molecule has 0 spiro atoms. The molecule has 27 heavy (non-hydrogen) atoms. The van der Waals surface area contributed by atoms with Crippen molar-refractivity contribution >= 4 is 5.96 Å². The molecule has 146 valence electrons. The van der Waals surface area contributed by atoms with Gasteiger partial charge < -0.3 is 15.2 Å². The van der Waals surface area contributed by atoms with E-state index < -0.39 is 0 Å². The SMILES string of the molecule is CCNC(=NCc1ccc(C)c(F)c1)NCCCCn1c(C)cccc1=O. The molecule has 2 N–H and O–H groups in total. The third-order valence-corrected chi connectivity index (χ3v) is 4.37. The lowest BCUT2D eigenvalue weighted by molar-refractivity contribution is 0.575. The number of aromatic nitrogens is 1. The number of nitrogens with one attached hydrogen (secondary N) is 2. The summed E-state index contributed by atoms with van der Waals surface area (Å²) in [5, 5.41) is 6.49. The summed E-state index contributed by atoms with van der Waals surface area (Å²) in [6, 6.07) is 10.5. The van der Waals surface area contributed by atoms with Gasteiger partial charge in [0.25, 0.3) is 5.56 Å². The third kappa shape index (κ3) is 6.55. The Labute approximate surface area is 160 Å². The van der Waals surface area contributed by atoms with E-state index in [2.05, 4.69) is 15.6 Å². The van der Waals surface area contributed by atoms with Gasteiger partial charge in [-0.3, -0.25) is 4.79 Å². The molecule has 2 rings (SSSR count). The molecule has 0 aliphatic carbocycles. The van der Waals surface area contributed by atoms with Crippen molar-refractivity contribution in [2.45, 2.75) is 46.7 Å². The first kappa shape index (κ1) is 20.7. The first-order chi connectivity index (χ1) is 13.0. The van der Waals surface area contributed by atoms with Gasteiger partial charge in [-0.2, -0.15) is 0 Å². The van der Waals surface area contributed by atoms with E-state index in [1.54, 1.807) is 29.7 Å². The van der Waals surface area contributed by atoms with E-state index in [0.29, 0.717) is 24.6 Å². The Morgan fingerprint density at radius 1 is 1.15 bits per heavy atom. The van der Waals surface area contributed by atoms with Gasteiger partial charge in [-0.1, -0.05) is 18.2 Å². The highest BCUT2D eigenvalue weighted by molar-refractivity contribution is 5.79. The number of hydrogen-bond donors (Lipinski definition) is 2. The van der Waals surface area contributed by atoms with Crippen LogP contribution in [0.25, 0.3) is 0 Å². The lowest BCUT2D eigenvalue weighted by atomic mass is 10.1. The number of unbranched alkanes of at least 4 members (excludes halogenated alkanes) is 1. The first-order valence-corrected chi connectivity index (χ1v) is 9.45. The fraction of sp³-hybridized carbons (Fsp3) is 0.429. The average Bonchev–Trinajstić information content (AvgIpc) is 2.64. The Morgan fingerprint density at radius 3 is 2.67 bits per heavy atom. The largest absolute Gasteiger partial charge is 0.357 e. The summed E-state index contributed by atoms with van der Waals surface area (Å²) < 4.78 is 15.4. The van der Waals surface area contributed by atoms with Crippen molar-refractivity contribution < 1.29 is 4.39 Å². The standard InChI is InChI=1S/C21H29FN4O/c1-4-23-21(25-15-18-11-10-16(2)19(22)14-18)24-12-5-6-13-26-17(3)8-7-9-20(26)27/h7-11,14H,4-6,12-13,15H2,1-3H3,(H2,23,24,25). The zero-order valence-corrected chi connectivity index (χ0v) is 16.4. The highest BCUT2D eigenvalue weighted by atomic mass is 19.1. The number of halogens is 1. The fourth-order valence-corrected chi connectivity index (χ4v) is 2.76. The second-order valence-electron chi connectivity index (χ2n) is 6.57. The van der Waals surface area contributed by atoms with Crippen LogP contribution in [0.15, 0.2) is 46.2 Å². The number of benzene rings is 1. The molecule has 0 fully saturated rings. The van der Waals surface area contributed by atoms with Crippen LogP contribution >= 0.6 is 0 Å². The normalized spacial score (nSPS) is 11.5. The van der Waals surface area contributed by atoms with Crippen LogP contribution in [-0.2, 0) is 13.1 Å². The summed E-state index contributed by atoms with van der Waals surface area (Å²) in [5.41, 5.74) is 2.51. The first-order valence-electron chi connectivity index (χ1n) is 9.45. The Kier molecular flexibility index (Phi) is 8.04. The van der Waals surface area contributed by atoms with Crippen LogP contribution in [0.1, 0.15) is 36.6 Å². The van der Waals surface area contributed by atoms with Crippen molar-refractivity contribution in [1.82, 2.24) is 15.2 Å². The van der Waals surface area contributed by atoms with Gasteiger partial charge in [0.2, 0.25) is 0 Å². The minimum atomic E-state index is -0.202. The third-order valence-electron chi connectivity index (χ3n) is 4.37. The van der Waals surface area contributed by atoms with Crippen molar-refractivity contribution in [3.05, 3.63) is 69.4 Å². The molecule has 1 heterocycles. The molecule has 1 aromatic heterocycles. The van der Waals surface area contributed by atoms with Crippen molar-refractivity contribution in [1.29, 1.82) is 0 Å². The highest BCUT2D eigenvalue weighted by Gasteiger charge is 2.02. The van der Waals surface area contributed by atoms with Crippen LogP contribution in [0.2, 0.25) is 0 Å². The van der Waals surface area contributed by atoms with E-state index in [9.17, 15) is 9.18 Å². The average molecular weight is 372 g/mol. The zero-order valence-electron chi connectivity index (χ0n) is 16.4. The molecule has 0 amide bonds. The molecular formula is C21H29FN4O. The van der Waals surface area contributed by atoms with Crippen molar-refractivity contribution in [2.75, 3.05) is 13.1 Å². The Hall–Kier alpha value is -2.63. The smallest absolute Gasteiger partial charge is 0.250 e. The molecule has 6 heteroatoms. The predicted octanol–water partition coefficient (Wildman–Crippen LogP) is 3.14. The summed E-state index contributed by atoms with van der Waals surface area (Å²) in [6.07, 6.45) is 1.82. The van der Waals surface area contributed by atoms with Crippen molar-refractivity contribution in [2.24, 2.45) is 4.99 Å². The molecule has 0 bridgehead atoms. The van der Waals surface area contributed by atoms with Crippen LogP contribution in [-0.4, -0.2) is 23.6 Å². The highest BCUT2D eigenvalue weighted by Crippen LogP contribution is 2.10. The van der Waals surface area contributed by atoms with E-state index in [0.717, 1.165) is 37.2 Å². The van der Waals surface area contributed by atoms with Crippen LogP contribution < -0.4 is 16.2 Å². The quantitative estimate of drug-likeness (QED) is 0.425. The Balaban J connectivity index is 1.81. The van der Waals surface area contributed by atoms with Gasteiger partial charge in [-0.25, -0.2) is 9.38 Å². The van der Waals surface area contributed by atoms with Crippen LogP contribution in [0.3, 0.4) is 0 Å². The number of hydrogen-bond acceptors (Lipinski definition) is 2. The maximum atomic E-state index is 13.6. The van der Waals surface area contributed by atoms with Crippen LogP contribution in [0.4, 0.5) is 4.39 Å². The summed E-state index contributed by atoms with van der Waals surface area (Å²) in [4.78, 5) is 16.4. The van der Waals surface area contributed by atoms with Crippen LogP contribution in [0.5, 0.6) is 0 Å². The second kappa shape index (κ2) is 10.5. The molecule has 0 saturated heterocycles. The predicted molar refractivity (Wildman–Crippen MR) is 109 cm³/mol. The lowest BCUT2D eigenvalue weighted by Gasteiger charge is -2.12. The zero-order chi connectivity index (χ0) is 19.6. The van der Waals surface area contributed by atoms with Crippen molar-refractivity contribution in [3.8, 4) is 0 Å². The second-order valence-corrected chi connectivity index (χ2v) is 6.57. The van der Waals surface area contributed by atoms with E-state index >= 15 is 0 Å². The molecule has 2 aromatic rings. The van der Waals surface area contributed by atoms with E-state index in [1.807, 2.05) is 26.0 Å². The fourth-order valence-electron chi connectivity index (χ4n) is 2.76. The Bertz CT molecular complexity index is 829. The maximum Gasteiger partial charge on any atom is 0.250 e. The lowest BCUT2D eigenvalue weighted by Crippen LogP contribution is -2.37. The molecule has 0 aliphatic heterocycles. The number of guanidine groups is 1. The molecule has 0 atom stereocenters. The number of nitrogens with zero attached hydrogens (tertiary/aromatic N) is 2. The molecule has 0 unspecified atom stereocenters. The Morgan fingerprint density at radius 2 is 1.96 bits per heavy atom. The van der Waals surface area contributed by atoms with Gasteiger partial charge in [0.05, 0.1) is 6.54 Å². The minimum Gasteiger partial charge on any atom is -0.357 e.